The van der Waals surface area contributed by atoms with Crippen molar-refractivity contribution in [1.82, 2.24) is 14.7 Å². The third kappa shape index (κ3) is 3.19. The van der Waals surface area contributed by atoms with Gasteiger partial charge in [-0.1, -0.05) is 15.9 Å². The fourth-order valence-corrected chi connectivity index (χ4v) is 3.93. The minimum absolute atomic E-state index is 0.0401. The molecule has 2 aliphatic heterocycles. The summed E-state index contributed by atoms with van der Waals surface area (Å²) >= 11 is 3.36. The molecule has 3 amide bonds. The minimum atomic E-state index is -0.484. The first-order valence-corrected chi connectivity index (χ1v) is 9.83. The zero-order valence-corrected chi connectivity index (χ0v) is 16.9. The minimum Gasteiger partial charge on any atom is -0.465 e. The lowest BCUT2D eigenvalue weighted by Gasteiger charge is -2.17. The number of carbonyl (C=O) groups excluding carboxylic acids is 3. The summed E-state index contributed by atoms with van der Waals surface area (Å²) in [4.78, 5) is 40.3. The SMILES string of the molecule is COC(=O)c1c(CN2C(=O)CN(c3ccc(Br)cc3)C2=O)nn2c1CCCC2. The van der Waals surface area contributed by atoms with E-state index in [9.17, 15) is 14.4 Å². The fourth-order valence-electron chi connectivity index (χ4n) is 3.66. The first-order chi connectivity index (χ1) is 13.5. The van der Waals surface area contributed by atoms with Gasteiger partial charge in [0.2, 0.25) is 0 Å². The summed E-state index contributed by atoms with van der Waals surface area (Å²) in [6, 6.07) is 6.75. The van der Waals surface area contributed by atoms with Gasteiger partial charge in [-0.05, 0) is 43.5 Å². The van der Waals surface area contributed by atoms with Crippen LogP contribution in [0.3, 0.4) is 0 Å². The lowest BCUT2D eigenvalue weighted by atomic mass is 10.0. The molecule has 0 atom stereocenters. The largest absolute Gasteiger partial charge is 0.465 e. The number of rotatable bonds is 4. The smallest absolute Gasteiger partial charge is 0.341 e. The molecule has 0 bridgehead atoms. The summed E-state index contributed by atoms with van der Waals surface area (Å²) in [6.07, 6.45) is 2.67. The Morgan fingerprint density at radius 3 is 2.68 bits per heavy atom. The van der Waals surface area contributed by atoms with Crippen molar-refractivity contribution in [3.63, 3.8) is 0 Å². The number of hydrogen-bond acceptors (Lipinski definition) is 5. The number of methoxy groups -OCH3 is 1. The number of hydrogen-bond donors (Lipinski definition) is 0. The maximum atomic E-state index is 12.9. The van der Waals surface area contributed by atoms with Gasteiger partial charge in [-0.25, -0.2) is 9.59 Å². The first kappa shape index (κ1) is 18.7. The highest BCUT2D eigenvalue weighted by atomic mass is 79.9. The van der Waals surface area contributed by atoms with Gasteiger partial charge in [-0.15, -0.1) is 0 Å². The number of aromatic nitrogens is 2. The molecule has 8 nitrogen and oxygen atoms in total. The Kier molecular flexibility index (Phi) is 4.92. The Morgan fingerprint density at radius 2 is 1.96 bits per heavy atom. The van der Waals surface area contributed by atoms with E-state index in [0.717, 1.165) is 34.3 Å². The van der Waals surface area contributed by atoms with Crippen molar-refractivity contribution in [2.75, 3.05) is 18.6 Å². The lowest BCUT2D eigenvalue weighted by Crippen LogP contribution is -2.33. The molecule has 1 aromatic carbocycles. The van der Waals surface area contributed by atoms with E-state index < -0.39 is 12.0 Å². The van der Waals surface area contributed by atoms with E-state index in [4.69, 9.17) is 4.74 Å². The summed E-state index contributed by atoms with van der Waals surface area (Å²) in [5, 5.41) is 4.51. The van der Waals surface area contributed by atoms with Gasteiger partial charge in [0.15, 0.2) is 0 Å². The Bertz CT molecular complexity index is 954. The van der Waals surface area contributed by atoms with Crippen LogP contribution in [-0.4, -0.2) is 46.2 Å². The molecule has 4 rings (SSSR count). The normalized spacial score (nSPS) is 16.5. The summed E-state index contributed by atoms with van der Waals surface area (Å²) in [5.74, 6) is -0.809. The highest BCUT2D eigenvalue weighted by Gasteiger charge is 2.39. The maximum absolute atomic E-state index is 12.9. The number of imide groups is 1. The van der Waals surface area contributed by atoms with Crippen molar-refractivity contribution in [1.29, 1.82) is 0 Å². The number of ether oxygens (including phenoxy) is 1. The fraction of sp³-hybridized carbons (Fsp3) is 0.368. The molecule has 0 spiro atoms. The Hall–Kier alpha value is -2.68. The second kappa shape index (κ2) is 7.38. The van der Waals surface area contributed by atoms with Gasteiger partial charge in [-0.3, -0.25) is 19.3 Å². The quantitative estimate of drug-likeness (QED) is 0.532. The van der Waals surface area contributed by atoms with E-state index in [-0.39, 0.29) is 19.0 Å². The molecule has 146 valence electrons. The van der Waals surface area contributed by atoms with Gasteiger partial charge >= 0.3 is 12.0 Å². The molecule has 2 aromatic rings. The molecule has 0 aliphatic carbocycles. The third-order valence-electron chi connectivity index (χ3n) is 5.06. The molecule has 9 heteroatoms. The van der Waals surface area contributed by atoms with Crippen LogP contribution >= 0.6 is 15.9 Å². The summed E-state index contributed by atoms with van der Waals surface area (Å²) in [6.45, 7) is 0.628. The molecular weight excluding hydrogens is 428 g/mol. The van der Waals surface area contributed by atoms with E-state index in [1.54, 1.807) is 16.8 Å². The Morgan fingerprint density at radius 1 is 1.21 bits per heavy atom. The van der Waals surface area contributed by atoms with Gasteiger partial charge < -0.3 is 4.74 Å². The van der Waals surface area contributed by atoms with E-state index in [1.165, 1.54) is 12.0 Å². The van der Waals surface area contributed by atoms with Crippen LogP contribution in [-0.2, 0) is 29.0 Å². The molecule has 1 aromatic heterocycles. The van der Waals surface area contributed by atoms with Crippen molar-refractivity contribution in [3.05, 3.63) is 45.7 Å². The zero-order valence-electron chi connectivity index (χ0n) is 15.4. The van der Waals surface area contributed by atoms with Crippen molar-refractivity contribution < 1.29 is 19.1 Å². The number of halogens is 1. The van der Waals surface area contributed by atoms with Crippen molar-refractivity contribution in [3.8, 4) is 0 Å². The van der Waals surface area contributed by atoms with Crippen LogP contribution in [0.1, 0.15) is 34.6 Å². The standard InChI is InChI=1S/C19H19BrN4O4/c1-28-18(26)17-14(21-24-9-3-2-4-15(17)24)10-23-16(25)11-22(19(23)27)13-7-5-12(20)6-8-13/h5-8H,2-4,9-11H2,1H3. The number of anilines is 1. The average molecular weight is 447 g/mol. The predicted molar refractivity (Wildman–Crippen MR) is 104 cm³/mol. The van der Waals surface area contributed by atoms with Crippen molar-refractivity contribution >= 4 is 39.5 Å². The van der Waals surface area contributed by atoms with E-state index >= 15 is 0 Å². The highest BCUT2D eigenvalue weighted by Crippen LogP contribution is 2.27. The van der Waals surface area contributed by atoms with Crippen LogP contribution in [0, 0.1) is 0 Å². The number of nitrogens with zero attached hydrogens (tertiary/aromatic N) is 4. The summed E-state index contributed by atoms with van der Waals surface area (Å²) in [5.41, 5.74) is 2.24. The van der Waals surface area contributed by atoms with Gasteiger partial charge in [-0.2, -0.15) is 5.10 Å². The monoisotopic (exact) mass is 446 g/mol. The predicted octanol–water partition coefficient (Wildman–Crippen LogP) is 2.74. The van der Waals surface area contributed by atoms with Gasteiger partial charge in [0.25, 0.3) is 5.91 Å². The number of aryl methyl sites for hydroxylation is 1. The molecule has 28 heavy (non-hydrogen) atoms. The van der Waals surface area contributed by atoms with Crippen LogP contribution < -0.4 is 4.90 Å². The second-order valence-electron chi connectivity index (χ2n) is 6.77. The average Bonchev–Trinajstić information content (AvgIpc) is 3.20. The molecule has 1 fully saturated rings. The number of benzene rings is 1. The second-order valence-corrected chi connectivity index (χ2v) is 7.68. The molecular formula is C19H19BrN4O4. The highest BCUT2D eigenvalue weighted by molar-refractivity contribution is 9.10. The molecule has 2 aliphatic rings. The molecule has 3 heterocycles. The van der Waals surface area contributed by atoms with Gasteiger partial charge in [0.05, 0.1) is 25.0 Å². The van der Waals surface area contributed by atoms with Crippen LogP contribution in [0.2, 0.25) is 0 Å². The lowest BCUT2D eigenvalue weighted by molar-refractivity contribution is -0.125. The van der Waals surface area contributed by atoms with E-state index in [2.05, 4.69) is 21.0 Å². The van der Waals surface area contributed by atoms with Crippen LogP contribution in [0.15, 0.2) is 28.7 Å². The molecule has 0 unspecified atom stereocenters. The number of carbonyl (C=O) groups is 3. The zero-order chi connectivity index (χ0) is 19.8. The molecule has 0 N–H and O–H groups in total. The first-order valence-electron chi connectivity index (χ1n) is 9.04. The van der Waals surface area contributed by atoms with Crippen LogP contribution in [0.4, 0.5) is 10.5 Å². The Labute approximate surface area is 170 Å². The molecule has 0 radical (unpaired) electrons. The van der Waals surface area contributed by atoms with Crippen LogP contribution in [0.5, 0.6) is 0 Å². The van der Waals surface area contributed by atoms with Gasteiger partial charge in [0, 0.05) is 16.7 Å². The topological polar surface area (TPSA) is 84.7 Å². The molecule has 1 saturated heterocycles. The van der Waals surface area contributed by atoms with Crippen molar-refractivity contribution in [2.24, 2.45) is 0 Å². The number of esters is 1. The van der Waals surface area contributed by atoms with Crippen molar-refractivity contribution in [2.45, 2.75) is 32.4 Å². The molecule has 0 saturated carbocycles. The number of amides is 3. The summed E-state index contributed by atoms with van der Waals surface area (Å²) in [7, 11) is 1.32. The van der Waals surface area contributed by atoms with E-state index in [1.807, 2.05) is 12.1 Å². The number of urea groups is 1. The third-order valence-corrected chi connectivity index (χ3v) is 5.58. The van der Waals surface area contributed by atoms with E-state index in [0.29, 0.717) is 23.5 Å². The van der Waals surface area contributed by atoms with Crippen LogP contribution in [0.25, 0.3) is 0 Å². The number of fused-ring (bicyclic) bond motifs is 1. The van der Waals surface area contributed by atoms with Gasteiger partial charge in [0.1, 0.15) is 12.1 Å². The Balaban J connectivity index is 1.63. The maximum Gasteiger partial charge on any atom is 0.341 e. The summed E-state index contributed by atoms with van der Waals surface area (Å²) < 4.78 is 7.61.